The van der Waals surface area contributed by atoms with Crippen LogP contribution in [0.15, 0.2) is 78.9 Å². The van der Waals surface area contributed by atoms with Gasteiger partial charge >= 0.3 is 97.8 Å². The fourth-order valence-corrected chi connectivity index (χ4v) is 5.05. The van der Waals surface area contributed by atoms with Gasteiger partial charge in [0.15, 0.2) is 0 Å². The largest absolute Gasteiger partial charge is 1.00 e. The van der Waals surface area contributed by atoms with Crippen molar-refractivity contribution >= 4 is 26.9 Å². The summed E-state index contributed by atoms with van der Waals surface area (Å²) in [5.74, 6) is 1.11. The molecule has 0 aliphatic heterocycles. The van der Waals surface area contributed by atoms with Crippen LogP contribution in [0, 0.1) is 6.07 Å². The van der Waals surface area contributed by atoms with Gasteiger partial charge in [0.1, 0.15) is 0 Å². The topological polar surface area (TPSA) is 0 Å². The Morgan fingerprint density at radius 1 is 0.800 bits per heavy atom. The predicted molar refractivity (Wildman–Crippen MR) is 164 cm³/mol. The zero-order valence-electron chi connectivity index (χ0n) is 24.2. The summed E-state index contributed by atoms with van der Waals surface area (Å²) in [7, 11) is 0. The molecule has 1 aliphatic carbocycles. The number of hydrogen-bond donors (Lipinski definition) is 0. The van der Waals surface area contributed by atoms with E-state index in [-0.39, 0.29) is 35.6 Å². The molecule has 0 nitrogen and oxygen atoms in total. The molecule has 0 amide bonds. The average molecular weight is 692 g/mol. The van der Waals surface area contributed by atoms with E-state index in [9.17, 15) is 0 Å². The van der Waals surface area contributed by atoms with Crippen molar-refractivity contribution in [2.75, 3.05) is 0 Å². The molecule has 0 fully saturated rings. The van der Waals surface area contributed by atoms with Crippen LogP contribution in [0.1, 0.15) is 80.5 Å². The first-order chi connectivity index (χ1) is 18.0. The van der Waals surface area contributed by atoms with E-state index in [1.807, 2.05) is 36.4 Å². The monoisotopic (exact) mass is 688 g/mol. The van der Waals surface area contributed by atoms with Crippen molar-refractivity contribution in [2.24, 2.45) is 0 Å². The van der Waals surface area contributed by atoms with Gasteiger partial charge in [-0.1, -0.05) is 76.3 Å². The minimum atomic E-state index is 0. The Morgan fingerprint density at radius 3 is 1.80 bits per heavy atom. The molecule has 5 rings (SSSR count). The normalized spacial score (nSPS) is 11.3. The van der Waals surface area contributed by atoms with Gasteiger partial charge in [-0.05, 0) is 17.4 Å². The smallest absolute Gasteiger partial charge is 0.172 e. The first kappa shape index (κ1) is 36.9. The molecule has 40 heavy (non-hydrogen) atoms. The molecule has 0 radical (unpaired) electrons. The molecular formula is C35H38Cl4Zr-2. The Bertz CT molecular complexity index is 1240. The molecule has 0 heterocycles. The van der Waals surface area contributed by atoms with Gasteiger partial charge in [-0.3, -0.25) is 0 Å². The number of hydrogen-bond acceptors (Lipinski definition) is 0. The van der Waals surface area contributed by atoms with E-state index in [4.69, 9.17) is 23.2 Å². The second-order valence-electron chi connectivity index (χ2n) is 11.8. The molecule has 212 valence electrons. The zero-order valence-corrected chi connectivity index (χ0v) is 29.7. The second kappa shape index (κ2) is 16.5. The summed E-state index contributed by atoms with van der Waals surface area (Å²) < 4.78 is 2.14. The van der Waals surface area contributed by atoms with E-state index in [0.717, 1.165) is 17.5 Å². The van der Waals surface area contributed by atoms with E-state index in [2.05, 4.69) is 93.8 Å². The quantitative estimate of drug-likeness (QED) is 0.199. The van der Waals surface area contributed by atoms with Gasteiger partial charge in [0.2, 0.25) is 0 Å². The molecule has 0 aromatic heterocycles. The van der Waals surface area contributed by atoms with Crippen LogP contribution in [0.2, 0.25) is 0 Å². The van der Waals surface area contributed by atoms with Crippen LogP contribution in [0.4, 0.5) is 0 Å². The van der Waals surface area contributed by atoms with Gasteiger partial charge in [0.25, 0.3) is 0 Å². The summed E-state index contributed by atoms with van der Waals surface area (Å²) >= 11 is 12.9. The number of alkyl halides is 2. The van der Waals surface area contributed by atoms with Gasteiger partial charge in [-0.25, -0.2) is 12.1 Å². The summed E-state index contributed by atoms with van der Waals surface area (Å²) in [6.07, 6.45) is 1.03. The van der Waals surface area contributed by atoms with Crippen LogP contribution in [0.5, 0.6) is 0 Å². The standard InChI is InChI=1S/C21H25.C9H8Cl2.C5H5.2ClH.Zr/c1-20(2,3)16-9-7-14-11-15-8-10-17(21(4,5)6)13-19(15)18(14)12-16;1-7-2-8(5-10)4-9(3-7)6-11;1-2-4-5-3-1;;;/h7,9-10,12-13H,11H2,1-6H3;1-4H,5-6H2;1-5H;2*1H;/q-1;;-1;;;+2/p-2. The molecule has 0 bridgehead atoms. The van der Waals surface area contributed by atoms with Crippen LogP contribution in [0.3, 0.4) is 0 Å². The van der Waals surface area contributed by atoms with Crippen LogP contribution in [0.25, 0.3) is 11.1 Å². The predicted octanol–water partition coefficient (Wildman–Crippen LogP) is 3.93. The third kappa shape index (κ3) is 10.3. The molecule has 0 saturated heterocycles. The molecule has 5 heteroatoms. The van der Waals surface area contributed by atoms with Crippen molar-refractivity contribution in [3.63, 3.8) is 0 Å². The molecule has 0 spiro atoms. The van der Waals surface area contributed by atoms with Crippen molar-refractivity contribution in [2.45, 2.75) is 70.6 Å². The minimum Gasteiger partial charge on any atom is -1.00 e. The third-order valence-corrected chi connectivity index (χ3v) is 8.07. The molecule has 1 aliphatic rings. The Hall–Kier alpha value is -1.08. The van der Waals surface area contributed by atoms with Gasteiger partial charge in [-0.2, -0.15) is 47.5 Å². The van der Waals surface area contributed by atoms with Gasteiger partial charge in [0.05, 0.1) is 0 Å². The van der Waals surface area contributed by atoms with Crippen molar-refractivity contribution in [1.82, 2.24) is 0 Å². The Labute approximate surface area is 279 Å². The average Bonchev–Trinajstić information content (AvgIpc) is 3.58. The van der Waals surface area contributed by atoms with Gasteiger partial charge in [0, 0.05) is 0 Å². The molecule has 0 atom stereocenters. The summed E-state index contributed by atoms with van der Waals surface area (Å²) in [5, 5.41) is 0. The maximum Gasteiger partial charge on any atom is -0.172 e. The number of benzene rings is 3. The fraction of sp³-hybridized carbons (Fsp3) is 0.314. The first-order valence-electron chi connectivity index (χ1n) is 13.1. The SMILES string of the molecule is CC(C)(C)c1c[c-]c2c(c1)-c1cc(C(C)(C)C)ccc1C2.ClCc1cc([CH]=[Zr+2])cc(CCl)c1.[Cl-].[Cl-].c1cc[cH-]c1. The van der Waals surface area contributed by atoms with Crippen molar-refractivity contribution in [3.05, 3.63) is 124 Å². The number of rotatable bonds is 3. The van der Waals surface area contributed by atoms with E-state index >= 15 is 0 Å². The Balaban J connectivity index is 0.000000356. The molecule has 4 aromatic carbocycles. The van der Waals surface area contributed by atoms with Crippen molar-refractivity contribution in [1.29, 1.82) is 0 Å². The van der Waals surface area contributed by atoms with E-state index < -0.39 is 0 Å². The van der Waals surface area contributed by atoms with Crippen molar-refractivity contribution in [3.8, 4) is 11.1 Å². The summed E-state index contributed by atoms with van der Waals surface area (Å²) in [6.45, 7) is 13.6. The zero-order chi connectivity index (χ0) is 27.9. The third-order valence-electron chi connectivity index (χ3n) is 6.63. The van der Waals surface area contributed by atoms with Crippen LogP contribution >= 0.6 is 23.2 Å². The minimum absolute atomic E-state index is 0. The Morgan fingerprint density at radius 2 is 1.35 bits per heavy atom. The molecule has 0 unspecified atom stereocenters. The van der Waals surface area contributed by atoms with Crippen LogP contribution in [-0.4, -0.2) is 3.71 Å². The summed E-state index contributed by atoms with van der Waals surface area (Å²) in [4.78, 5) is 0. The molecule has 4 aromatic rings. The fourth-order valence-electron chi connectivity index (χ4n) is 4.33. The molecule has 0 saturated carbocycles. The maximum atomic E-state index is 5.74. The summed E-state index contributed by atoms with van der Waals surface area (Å²) in [5.41, 5.74) is 12.3. The summed E-state index contributed by atoms with van der Waals surface area (Å²) in [6, 6.07) is 31.3. The van der Waals surface area contributed by atoms with Crippen LogP contribution < -0.4 is 24.8 Å². The van der Waals surface area contributed by atoms with E-state index in [0.29, 0.717) is 11.8 Å². The first-order valence-corrected chi connectivity index (χ1v) is 15.6. The van der Waals surface area contributed by atoms with Gasteiger partial charge < -0.3 is 24.8 Å². The van der Waals surface area contributed by atoms with Crippen LogP contribution in [-0.2, 0) is 53.2 Å². The van der Waals surface area contributed by atoms with E-state index in [1.54, 1.807) is 0 Å². The number of halogens is 4. The number of fused-ring (bicyclic) bond motifs is 3. The Kier molecular flexibility index (Phi) is 15.3. The molecular weight excluding hydrogens is 653 g/mol. The van der Waals surface area contributed by atoms with Gasteiger partial charge in [-0.15, -0.1) is 5.56 Å². The molecule has 0 N–H and O–H groups in total. The second-order valence-corrected chi connectivity index (χ2v) is 13.0. The van der Waals surface area contributed by atoms with E-state index in [1.165, 1.54) is 63.2 Å². The van der Waals surface area contributed by atoms with Crippen molar-refractivity contribution < 1.29 is 49.0 Å². The maximum absolute atomic E-state index is 5.74.